The zero-order valence-electron chi connectivity index (χ0n) is 11.8. The maximum absolute atomic E-state index is 5.53. The van der Waals surface area contributed by atoms with Gasteiger partial charge < -0.3 is 10.1 Å². The van der Waals surface area contributed by atoms with Gasteiger partial charge in [-0.3, -0.25) is 0 Å². The Hall–Kier alpha value is -1.46. The molecule has 2 aromatic rings. The Kier molecular flexibility index (Phi) is 3.98. The molecule has 0 unspecified atom stereocenters. The van der Waals surface area contributed by atoms with Crippen molar-refractivity contribution in [2.75, 3.05) is 13.2 Å². The average Bonchev–Trinajstić information content (AvgIpc) is 3.05. The van der Waals surface area contributed by atoms with Crippen molar-refractivity contribution in [3.8, 4) is 16.3 Å². The van der Waals surface area contributed by atoms with Gasteiger partial charge in [0.2, 0.25) is 0 Å². The molecule has 0 fully saturated rings. The number of benzene rings is 1. The summed E-state index contributed by atoms with van der Waals surface area (Å²) < 4.78 is 5.53. The van der Waals surface area contributed by atoms with Crippen molar-refractivity contribution in [3.63, 3.8) is 0 Å². The Labute approximate surface area is 123 Å². The van der Waals surface area contributed by atoms with Crippen molar-refractivity contribution in [2.24, 2.45) is 0 Å². The third kappa shape index (κ3) is 2.99. The van der Waals surface area contributed by atoms with Crippen LogP contribution in [-0.2, 0) is 12.8 Å². The maximum atomic E-state index is 5.53. The van der Waals surface area contributed by atoms with Gasteiger partial charge in [0, 0.05) is 31.0 Å². The SMILES string of the molecule is CC(C)NCCc1nnc(-c2ccc3c(c2)CCO3)s1. The van der Waals surface area contributed by atoms with E-state index in [0.717, 1.165) is 47.3 Å². The van der Waals surface area contributed by atoms with Crippen molar-refractivity contribution >= 4 is 11.3 Å². The van der Waals surface area contributed by atoms with Gasteiger partial charge in [0.1, 0.15) is 15.8 Å². The molecule has 4 nitrogen and oxygen atoms in total. The minimum atomic E-state index is 0.513. The van der Waals surface area contributed by atoms with Crippen molar-refractivity contribution in [1.29, 1.82) is 0 Å². The molecule has 0 spiro atoms. The molecule has 1 aromatic heterocycles. The topological polar surface area (TPSA) is 47.0 Å². The lowest BCUT2D eigenvalue weighted by Crippen LogP contribution is -2.24. The molecule has 0 amide bonds. The number of fused-ring (bicyclic) bond motifs is 1. The molecule has 0 radical (unpaired) electrons. The molecule has 3 rings (SSSR count). The minimum Gasteiger partial charge on any atom is -0.493 e. The highest BCUT2D eigenvalue weighted by Gasteiger charge is 2.14. The van der Waals surface area contributed by atoms with Crippen LogP contribution >= 0.6 is 11.3 Å². The molecule has 20 heavy (non-hydrogen) atoms. The second-order valence-electron chi connectivity index (χ2n) is 5.28. The molecular formula is C15H19N3OS. The summed E-state index contributed by atoms with van der Waals surface area (Å²) in [7, 11) is 0. The fraction of sp³-hybridized carbons (Fsp3) is 0.467. The number of hydrogen-bond donors (Lipinski definition) is 1. The fourth-order valence-electron chi connectivity index (χ4n) is 2.26. The first-order chi connectivity index (χ1) is 9.72. The summed E-state index contributed by atoms with van der Waals surface area (Å²) >= 11 is 1.68. The highest BCUT2D eigenvalue weighted by Crippen LogP contribution is 2.31. The molecule has 1 aliphatic rings. The maximum Gasteiger partial charge on any atom is 0.147 e. The van der Waals surface area contributed by atoms with Crippen LogP contribution in [0, 0.1) is 0 Å². The lowest BCUT2D eigenvalue weighted by Gasteiger charge is -2.05. The summed E-state index contributed by atoms with van der Waals surface area (Å²) in [6, 6.07) is 6.80. The van der Waals surface area contributed by atoms with Gasteiger partial charge in [-0.25, -0.2) is 0 Å². The second kappa shape index (κ2) is 5.89. The van der Waals surface area contributed by atoms with Gasteiger partial charge in [-0.05, 0) is 23.8 Å². The number of hydrogen-bond acceptors (Lipinski definition) is 5. The molecule has 1 aromatic carbocycles. The van der Waals surface area contributed by atoms with E-state index in [2.05, 4.69) is 41.5 Å². The van der Waals surface area contributed by atoms with Crippen LogP contribution in [0.4, 0.5) is 0 Å². The average molecular weight is 289 g/mol. The molecule has 2 heterocycles. The second-order valence-corrected chi connectivity index (χ2v) is 6.34. The van der Waals surface area contributed by atoms with Gasteiger partial charge in [-0.15, -0.1) is 10.2 Å². The zero-order chi connectivity index (χ0) is 13.9. The molecule has 1 aliphatic heterocycles. The van der Waals surface area contributed by atoms with E-state index in [1.165, 1.54) is 5.56 Å². The highest BCUT2D eigenvalue weighted by molar-refractivity contribution is 7.14. The zero-order valence-corrected chi connectivity index (χ0v) is 12.7. The van der Waals surface area contributed by atoms with E-state index in [-0.39, 0.29) is 0 Å². The van der Waals surface area contributed by atoms with E-state index in [0.29, 0.717) is 6.04 Å². The predicted molar refractivity (Wildman–Crippen MR) is 81.4 cm³/mol. The van der Waals surface area contributed by atoms with E-state index in [1.54, 1.807) is 11.3 Å². The Morgan fingerprint density at radius 2 is 2.25 bits per heavy atom. The number of nitrogens with one attached hydrogen (secondary N) is 1. The Morgan fingerprint density at radius 1 is 1.35 bits per heavy atom. The summed E-state index contributed by atoms with van der Waals surface area (Å²) in [4.78, 5) is 0. The van der Waals surface area contributed by atoms with E-state index in [1.807, 2.05) is 6.07 Å². The predicted octanol–water partition coefficient (Wildman–Crippen LogP) is 2.68. The molecule has 0 aliphatic carbocycles. The quantitative estimate of drug-likeness (QED) is 0.919. The summed E-state index contributed by atoms with van der Waals surface area (Å²) in [6.07, 6.45) is 1.93. The Bertz CT molecular complexity index is 595. The van der Waals surface area contributed by atoms with E-state index in [4.69, 9.17) is 4.74 Å². The molecule has 0 saturated heterocycles. The molecular weight excluding hydrogens is 270 g/mol. The molecule has 0 atom stereocenters. The van der Waals surface area contributed by atoms with Gasteiger partial charge in [-0.2, -0.15) is 0 Å². The summed E-state index contributed by atoms with van der Waals surface area (Å²) in [6.45, 7) is 6.04. The largest absolute Gasteiger partial charge is 0.493 e. The first-order valence-corrected chi connectivity index (χ1v) is 7.86. The smallest absolute Gasteiger partial charge is 0.147 e. The van der Waals surface area contributed by atoms with Crippen molar-refractivity contribution in [2.45, 2.75) is 32.7 Å². The van der Waals surface area contributed by atoms with Crippen LogP contribution < -0.4 is 10.1 Å². The Morgan fingerprint density at radius 3 is 3.10 bits per heavy atom. The third-order valence-corrected chi connectivity index (χ3v) is 4.33. The van der Waals surface area contributed by atoms with Crippen LogP contribution in [-0.4, -0.2) is 29.4 Å². The Balaban J connectivity index is 1.70. The van der Waals surface area contributed by atoms with Gasteiger partial charge in [0.15, 0.2) is 0 Å². The molecule has 106 valence electrons. The lowest BCUT2D eigenvalue weighted by atomic mass is 10.1. The lowest BCUT2D eigenvalue weighted by molar-refractivity contribution is 0.357. The molecule has 1 N–H and O–H groups in total. The van der Waals surface area contributed by atoms with Crippen LogP contribution in [0.5, 0.6) is 5.75 Å². The van der Waals surface area contributed by atoms with Crippen LogP contribution in [0.1, 0.15) is 24.4 Å². The molecule has 0 bridgehead atoms. The normalized spacial score (nSPS) is 13.6. The van der Waals surface area contributed by atoms with E-state index in [9.17, 15) is 0 Å². The molecule has 0 saturated carbocycles. The number of aromatic nitrogens is 2. The standard InChI is InChI=1S/C15H19N3OS/c1-10(2)16-7-5-14-17-18-15(20-14)12-3-4-13-11(9-12)6-8-19-13/h3-4,9-10,16H,5-8H2,1-2H3. The summed E-state index contributed by atoms with van der Waals surface area (Å²) in [5.41, 5.74) is 2.43. The first-order valence-electron chi connectivity index (χ1n) is 7.04. The van der Waals surface area contributed by atoms with Crippen LogP contribution in [0.2, 0.25) is 0 Å². The number of ether oxygens (including phenoxy) is 1. The summed E-state index contributed by atoms with van der Waals surface area (Å²) in [5, 5.41) is 14.1. The fourth-order valence-corrected chi connectivity index (χ4v) is 3.09. The van der Waals surface area contributed by atoms with Crippen LogP contribution in [0.3, 0.4) is 0 Å². The number of nitrogens with zero attached hydrogens (tertiary/aromatic N) is 2. The third-order valence-electron chi connectivity index (χ3n) is 3.29. The monoisotopic (exact) mass is 289 g/mol. The van der Waals surface area contributed by atoms with Gasteiger partial charge in [0.05, 0.1) is 6.61 Å². The summed E-state index contributed by atoms with van der Waals surface area (Å²) in [5.74, 6) is 1.01. The molecule has 5 heteroatoms. The van der Waals surface area contributed by atoms with Crippen LogP contribution in [0.15, 0.2) is 18.2 Å². The first kappa shape index (κ1) is 13.5. The van der Waals surface area contributed by atoms with E-state index < -0.39 is 0 Å². The van der Waals surface area contributed by atoms with Crippen LogP contribution in [0.25, 0.3) is 10.6 Å². The van der Waals surface area contributed by atoms with Crippen molar-refractivity contribution in [3.05, 3.63) is 28.8 Å². The van der Waals surface area contributed by atoms with Gasteiger partial charge in [-0.1, -0.05) is 25.2 Å². The van der Waals surface area contributed by atoms with Crippen molar-refractivity contribution in [1.82, 2.24) is 15.5 Å². The van der Waals surface area contributed by atoms with E-state index >= 15 is 0 Å². The van der Waals surface area contributed by atoms with Gasteiger partial charge >= 0.3 is 0 Å². The highest BCUT2D eigenvalue weighted by atomic mass is 32.1. The number of rotatable bonds is 5. The minimum absolute atomic E-state index is 0.513. The van der Waals surface area contributed by atoms with Crippen molar-refractivity contribution < 1.29 is 4.74 Å². The van der Waals surface area contributed by atoms with Gasteiger partial charge in [0.25, 0.3) is 0 Å².